The highest BCUT2D eigenvalue weighted by molar-refractivity contribution is 7.99. The number of nitrogens with one attached hydrogen (secondary N) is 1. The summed E-state index contributed by atoms with van der Waals surface area (Å²) >= 11 is 2.04. The van der Waals surface area contributed by atoms with E-state index < -0.39 is 0 Å². The number of likely N-dealkylation sites (N-methyl/N-ethyl adjacent to an activating group) is 1. The van der Waals surface area contributed by atoms with Crippen molar-refractivity contribution < 1.29 is 4.74 Å². The number of ether oxygens (including phenoxy) is 1. The second-order valence-corrected chi connectivity index (χ2v) is 5.53. The molecule has 15 heavy (non-hydrogen) atoms. The van der Waals surface area contributed by atoms with E-state index in [1.54, 1.807) is 0 Å². The minimum atomic E-state index is 0.490. The van der Waals surface area contributed by atoms with Crippen LogP contribution in [0.5, 0.6) is 0 Å². The monoisotopic (exact) mass is 229 g/mol. The highest BCUT2D eigenvalue weighted by Gasteiger charge is 2.16. The molecule has 0 saturated carbocycles. The third kappa shape index (κ3) is 4.47. The van der Waals surface area contributed by atoms with Gasteiger partial charge in [0.15, 0.2) is 0 Å². The molecule has 0 amide bonds. The number of hydrogen-bond donors (Lipinski definition) is 1. The zero-order chi connectivity index (χ0) is 11.1. The molecule has 0 radical (unpaired) electrons. The molecule has 0 aliphatic carbocycles. The van der Waals surface area contributed by atoms with E-state index in [1.807, 2.05) is 25.1 Å². The zero-order valence-electron chi connectivity index (χ0n) is 10.1. The molecule has 88 valence electrons. The zero-order valence-corrected chi connectivity index (χ0v) is 10.9. The predicted molar refractivity (Wildman–Crippen MR) is 68.3 cm³/mol. The Morgan fingerprint density at radius 1 is 1.60 bits per heavy atom. The van der Waals surface area contributed by atoms with Gasteiger partial charge in [-0.2, -0.15) is 11.8 Å². The third-order valence-corrected chi connectivity index (χ3v) is 4.31. The number of hydrogen-bond acceptors (Lipinski definition) is 3. The maximum absolute atomic E-state index is 5.39. The molecule has 0 spiro atoms. The van der Waals surface area contributed by atoms with Gasteiger partial charge in [0.1, 0.15) is 0 Å². The van der Waals surface area contributed by atoms with Gasteiger partial charge in [0.05, 0.1) is 12.9 Å². The summed E-state index contributed by atoms with van der Waals surface area (Å²) in [6.07, 6.45) is 5.56. The van der Waals surface area contributed by atoms with E-state index in [0.717, 1.165) is 24.0 Å². The first kappa shape index (κ1) is 12.9. The molecule has 0 aromatic heterocycles. The van der Waals surface area contributed by atoms with E-state index in [2.05, 4.69) is 19.2 Å². The average Bonchev–Trinajstić information content (AvgIpc) is 2.31. The summed E-state index contributed by atoms with van der Waals surface area (Å²) < 4.78 is 5.39. The van der Waals surface area contributed by atoms with E-state index >= 15 is 0 Å². The van der Waals surface area contributed by atoms with Crippen LogP contribution in [0.15, 0.2) is 11.8 Å². The Bertz CT molecular complexity index is 206. The number of thioether (sulfide) groups is 1. The van der Waals surface area contributed by atoms with Crippen LogP contribution < -0.4 is 5.32 Å². The van der Waals surface area contributed by atoms with Gasteiger partial charge >= 0.3 is 0 Å². The Kier molecular flexibility index (Phi) is 6.18. The van der Waals surface area contributed by atoms with Crippen LogP contribution in [0, 0.1) is 0 Å². The van der Waals surface area contributed by atoms with Crippen LogP contribution in [0.2, 0.25) is 0 Å². The van der Waals surface area contributed by atoms with E-state index in [9.17, 15) is 0 Å². The maximum atomic E-state index is 5.39. The largest absolute Gasteiger partial charge is 0.501 e. The molecule has 1 N–H and O–H groups in total. The van der Waals surface area contributed by atoms with Crippen molar-refractivity contribution in [1.82, 2.24) is 5.32 Å². The molecule has 1 heterocycles. The van der Waals surface area contributed by atoms with Gasteiger partial charge in [0.2, 0.25) is 0 Å². The lowest BCUT2D eigenvalue weighted by atomic mass is 10.0. The molecule has 0 aromatic carbocycles. The van der Waals surface area contributed by atoms with Crippen molar-refractivity contribution in [2.45, 2.75) is 44.4 Å². The molecule has 1 aliphatic heterocycles. The summed E-state index contributed by atoms with van der Waals surface area (Å²) in [7, 11) is 2.04. The van der Waals surface area contributed by atoms with Crippen molar-refractivity contribution in [2.24, 2.45) is 0 Å². The summed E-state index contributed by atoms with van der Waals surface area (Å²) in [5.41, 5.74) is 1.43. The highest BCUT2D eigenvalue weighted by Crippen LogP contribution is 2.21. The predicted octanol–water partition coefficient (Wildman–Crippen LogP) is 2.80. The Hall–Kier alpha value is -0.150. The van der Waals surface area contributed by atoms with E-state index in [4.69, 9.17) is 4.74 Å². The Labute approximate surface area is 97.8 Å². The quantitative estimate of drug-likeness (QED) is 0.757. The summed E-state index contributed by atoms with van der Waals surface area (Å²) in [5.74, 6) is 1.15. The minimum absolute atomic E-state index is 0.490. The second kappa shape index (κ2) is 7.18. The molecule has 2 atom stereocenters. The van der Waals surface area contributed by atoms with Crippen LogP contribution in [0.4, 0.5) is 0 Å². The second-order valence-electron chi connectivity index (χ2n) is 4.06. The van der Waals surface area contributed by atoms with E-state index in [-0.39, 0.29) is 0 Å². The van der Waals surface area contributed by atoms with Gasteiger partial charge in [-0.15, -0.1) is 0 Å². The third-order valence-electron chi connectivity index (χ3n) is 2.88. The molecule has 0 bridgehead atoms. The van der Waals surface area contributed by atoms with E-state index in [0.29, 0.717) is 6.04 Å². The Morgan fingerprint density at radius 3 is 2.93 bits per heavy atom. The first-order chi connectivity index (χ1) is 7.27. The smallest absolute Gasteiger partial charge is 0.0876 e. The van der Waals surface area contributed by atoms with Gasteiger partial charge in [-0.05, 0) is 31.9 Å². The van der Waals surface area contributed by atoms with Gasteiger partial charge in [0.25, 0.3) is 0 Å². The fraction of sp³-hybridized carbons (Fsp3) is 0.833. The molecular weight excluding hydrogens is 206 g/mol. The summed E-state index contributed by atoms with van der Waals surface area (Å²) in [4.78, 5) is 0. The van der Waals surface area contributed by atoms with Crippen LogP contribution in [-0.4, -0.2) is 30.7 Å². The fourth-order valence-electron chi connectivity index (χ4n) is 1.59. The highest BCUT2D eigenvalue weighted by atomic mass is 32.2. The molecule has 0 aromatic rings. The van der Waals surface area contributed by atoms with Crippen molar-refractivity contribution in [1.29, 1.82) is 0 Å². The SMILES string of the molecule is CCC(C)SCC(NC)C1=COCCC1. The summed E-state index contributed by atoms with van der Waals surface area (Å²) in [6.45, 7) is 5.43. The topological polar surface area (TPSA) is 21.3 Å². The normalized spacial score (nSPS) is 20.3. The van der Waals surface area contributed by atoms with Gasteiger partial charge in [-0.25, -0.2) is 0 Å². The lowest BCUT2D eigenvalue weighted by Gasteiger charge is -2.23. The molecule has 2 unspecified atom stereocenters. The van der Waals surface area contributed by atoms with Crippen LogP contribution in [0.3, 0.4) is 0 Å². The Balaban J connectivity index is 2.37. The molecule has 0 fully saturated rings. The molecule has 1 rings (SSSR count). The van der Waals surface area contributed by atoms with Crippen molar-refractivity contribution in [2.75, 3.05) is 19.4 Å². The van der Waals surface area contributed by atoms with Gasteiger partial charge in [-0.3, -0.25) is 0 Å². The van der Waals surface area contributed by atoms with Crippen molar-refractivity contribution in [3.8, 4) is 0 Å². The standard InChI is InChI=1S/C12H23NOS/c1-4-10(2)15-9-12(13-3)11-6-5-7-14-8-11/h8,10,12-13H,4-7,9H2,1-3H3. The van der Waals surface area contributed by atoms with Crippen molar-refractivity contribution >= 4 is 11.8 Å². The van der Waals surface area contributed by atoms with Crippen LogP contribution in [-0.2, 0) is 4.74 Å². The van der Waals surface area contributed by atoms with Crippen LogP contribution >= 0.6 is 11.8 Å². The Morgan fingerprint density at radius 2 is 2.40 bits per heavy atom. The minimum Gasteiger partial charge on any atom is -0.501 e. The first-order valence-corrected chi connectivity index (χ1v) is 6.92. The maximum Gasteiger partial charge on any atom is 0.0876 e. The number of rotatable bonds is 6. The van der Waals surface area contributed by atoms with Gasteiger partial charge in [-0.1, -0.05) is 13.8 Å². The van der Waals surface area contributed by atoms with Crippen LogP contribution in [0.25, 0.3) is 0 Å². The molecular formula is C12H23NOS. The molecule has 0 saturated heterocycles. The average molecular weight is 229 g/mol. The van der Waals surface area contributed by atoms with Crippen molar-refractivity contribution in [3.63, 3.8) is 0 Å². The molecule has 2 nitrogen and oxygen atoms in total. The molecule has 3 heteroatoms. The summed E-state index contributed by atoms with van der Waals surface area (Å²) in [5, 5.41) is 4.14. The first-order valence-electron chi connectivity index (χ1n) is 5.87. The lowest BCUT2D eigenvalue weighted by molar-refractivity contribution is 0.221. The summed E-state index contributed by atoms with van der Waals surface area (Å²) in [6, 6.07) is 0.490. The fourth-order valence-corrected chi connectivity index (χ4v) is 2.73. The lowest BCUT2D eigenvalue weighted by Crippen LogP contribution is -2.31. The van der Waals surface area contributed by atoms with Crippen molar-refractivity contribution in [3.05, 3.63) is 11.8 Å². The van der Waals surface area contributed by atoms with Crippen LogP contribution in [0.1, 0.15) is 33.1 Å². The van der Waals surface area contributed by atoms with Gasteiger partial charge in [0, 0.05) is 17.0 Å². The van der Waals surface area contributed by atoms with Gasteiger partial charge < -0.3 is 10.1 Å². The molecule has 1 aliphatic rings. The van der Waals surface area contributed by atoms with E-state index in [1.165, 1.54) is 18.4 Å².